The van der Waals surface area contributed by atoms with E-state index in [-0.39, 0.29) is 0 Å². The van der Waals surface area contributed by atoms with Crippen molar-refractivity contribution >= 4 is 16.7 Å². The predicted octanol–water partition coefficient (Wildman–Crippen LogP) is 2.84. The van der Waals surface area contributed by atoms with Gasteiger partial charge in [-0.1, -0.05) is 6.08 Å². The summed E-state index contributed by atoms with van der Waals surface area (Å²) in [4.78, 5) is 4.35. The van der Waals surface area contributed by atoms with Gasteiger partial charge in [0.15, 0.2) is 5.58 Å². The van der Waals surface area contributed by atoms with E-state index < -0.39 is 0 Å². The lowest BCUT2D eigenvalue weighted by Gasteiger charge is -2.24. The van der Waals surface area contributed by atoms with Gasteiger partial charge in [0.05, 0.1) is 0 Å². The third kappa shape index (κ3) is 1.51. The number of allylic oxidation sites excluding steroid dienone is 1. The molecule has 2 aliphatic rings. The number of nitrogens with zero attached hydrogens (tertiary/aromatic N) is 1. The highest BCUT2D eigenvalue weighted by molar-refractivity contribution is 5.79. The third-order valence-corrected chi connectivity index (χ3v) is 4.21. The fraction of sp³-hybridized carbons (Fsp3) is 0.400. The first-order chi connectivity index (χ1) is 8.92. The smallest absolute Gasteiger partial charge is 0.153 e. The Hall–Kier alpha value is -1.61. The second-order valence-electron chi connectivity index (χ2n) is 5.26. The summed E-state index contributed by atoms with van der Waals surface area (Å²) in [5, 5.41) is 3.50. The van der Waals surface area contributed by atoms with E-state index >= 15 is 0 Å². The Morgan fingerprint density at radius 1 is 1.33 bits per heavy atom. The van der Waals surface area contributed by atoms with E-state index in [1.54, 1.807) is 0 Å². The summed E-state index contributed by atoms with van der Waals surface area (Å²) < 4.78 is 5.96. The minimum absolute atomic E-state index is 0.624. The van der Waals surface area contributed by atoms with Crippen LogP contribution in [0.2, 0.25) is 0 Å². The van der Waals surface area contributed by atoms with Crippen LogP contribution in [0, 0.1) is 11.8 Å². The Morgan fingerprint density at radius 3 is 3.28 bits per heavy atom. The van der Waals surface area contributed by atoms with Crippen molar-refractivity contribution in [2.75, 3.05) is 13.1 Å². The van der Waals surface area contributed by atoms with Crippen LogP contribution in [-0.2, 0) is 0 Å². The summed E-state index contributed by atoms with van der Waals surface area (Å²) in [5.41, 5.74) is 3.23. The van der Waals surface area contributed by atoms with Crippen LogP contribution in [0.4, 0.5) is 0 Å². The molecule has 0 amide bonds. The van der Waals surface area contributed by atoms with Crippen LogP contribution in [0.5, 0.6) is 0 Å². The average molecular weight is 240 g/mol. The predicted molar refractivity (Wildman–Crippen MR) is 71.1 cm³/mol. The molecule has 0 aromatic carbocycles. The van der Waals surface area contributed by atoms with Crippen molar-refractivity contribution in [3.8, 4) is 0 Å². The van der Waals surface area contributed by atoms with Crippen LogP contribution < -0.4 is 5.32 Å². The molecule has 92 valence electrons. The molecule has 1 saturated heterocycles. The van der Waals surface area contributed by atoms with E-state index in [0.29, 0.717) is 5.92 Å². The van der Waals surface area contributed by atoms with Crippen molar-refractivity contribution in [2.45, 2.75) is 12.8 Å². The number of nitrogens with one attached hydrogen (secondary N) is 1. The van der Waals surface area contributed by atoms with Crippen molar-refractivity contribution < 1.29 is 4.42 Å². The van der Waals surface area contributed by atoms with Crippen LogP contribution in [0.25, 0.3) is 16.7 Å². The van der Waals surface area contributed by atoms with Gasteiger partial charge in [-0.3, -0.25) is 4.98 Å². The Bertz CT molecular complexity index is 581. The van der Waals surface area contributed by atoms with Crippen LogP contribution in [0.3, 0.4) is 0 Å². The van der Waals surface area contributed by atoms with E-state index in [1.807, 2.05) is 18.3 Å². The van der Waals surface area contributed by atoms with Crippen molar-refractivity contribution in [3.05, 3.63) is 36.2 Å². The fourth-order valence-electron chi connectivity index (χ4n) is 3.30. The summed E-state index contributed by atoms with van der Waals surface area (Å²) in [6.07, 6.45) is 6.64. The van der Waals surface area contributed by atoms with Gasteiger partial charge in [0, 0.05) is 24.7 Å². The molecule has 0 unspecified atom stereocenters. The molecule has 0 spiro atoms. The third-order valence-electron chi connectivity index (χ3n) is 4.21. The molecule has 2 atom stereocenters. The molecule has 18 heavy (non-hydrogen) atoms. The maximum Gasteiger partial charge on any atom is 0.153 e. The van der Waals surface area contributed by atoms with Crippen molar-refractivity contribution in [1.82, 2.24) is 10.3 Å². The number of hydrogen-bond donors (Lipinski definition) is 1. The largest absolute Gasteiger partial charge is 0.455 e. The lowest BCUT2D eigenvalue weighted by molar-refractivity contribution is 0.444. The maximum absolute atomic E-state index is 5.96. The van der Waals surface area contributed by atoms with Gasteiger partial charge in [0.2, 0.25) is 0 Å². The van der Waals surface area contributed by atoms with Gasteiger partial charge in [0.25, 0.3) is 0 Å². The molecule has 3 heterocycles. The molecule has 0 radical (unpaired) electrons. The van der Waals surface area contributed by atoms with Crippen LogP contribution in [-0.4, -0.2) is 18.1 Å². The summed E-state index contributed by atoms with van der Waals surface area (Å²) in [5.74, 6) is 2.42. The van der Waals surface area contributed by atoms with E-state index in [9.17, 15) is 0 Å². The zero-order valence-electron chi connectivity index (χ0n) is 10.2. The second-order valence-corrected chi connectivity index (χ2v) is 5.26. The van der Waals surface area contributed by atoms with Gasteiger partial charge < -0.3 is 9.73 Å². The number of fused-ring (bicyclic) bond motifs is 2. The molecule has 3 nitrogen and oxygen atoms in total. The molecule has 0 bridgehead atoms. The topological polar surface area (TPSA) is 38.1 Å². The van der Waals surface area contributed by atoms with Crippen molar-refractivity contribution in [1.29, 1.82) is 0 Å². The van der Waals surface area contributed by atoms with Crippen LogP contribution >= 0.6 is 0 Å². The molecule has 1 N–H and O–H groups in total. The quantitative estimate of drug-likeness (QED) is 0.833. The molecule has 2 aromatic heterocycles. The normalized spacial score (nSPS) is 27.2. The van der Waals surface area contributed by atoms with Crippen LogP contribution in [0.1, 0.15) is 18.6 Å². The zero-order chi connectivity index (χ0) is 11.9. The Morgan fingerprint density at radius 2 is 2.33 bits per heavy atom. The van der Waals surface area contributed by atoms with Crippen LogP contribution in [0.15, 0.2) is 34.9 Å². The highest BCUT2D eigenvalue weighted by Crippen LogP contribution is 2.39. The number of hydrogen-bond acceptors (Lipinski definition) is 3. The van der Waals surface area contributed by atoms with Gasteiger partial charge >= 0.3 is 0 Å². The minimum Gasteiger partial charge on any atom is -0.455 e. The SMILES string of the molecule is C1=C(c2cc3ncccc3o2)[C@H]2CNC[C@H]2CC1. The highest BCUT2D eigenvalue weighted by atomic mass is 16.3. The number of rotatable bonds is 1. The highest BCUT2D eigenvalue weighted by Gasteiger charge is 2.33. The Balaban J connectivity index is 1.79. The van der Waals surface area contributed by atoms with E-state index in [1.165, 1.54) is 18.4 Å². The van der Waals surface area contributed by atoms with Gasteiger partial charge in [-0.2, -0.15) is 0 Å². The Kier molecular flexibility index (Phi) is 2.27. The standard InChI is InChI=1S/C15H16N2O/c1-3-10-8-16-9-12(10)11(4-1)15-7-13-14(18-15)5-2-6-17-13/h2,4-7,10,12,16H,1,3,8-9H2/t10-,12+/m1/s1. The summed E-state index contributed by atoms with van der Waals surface area (Å²) in [6.45, 7) is 2.24. The number of furan rings is 1. The monoisotopic (exact) mass is 240 g/mol. The van der Waals surface area contributed by atoms with Gasteiger partial charge in [-0.25, -0.2) is 0 Å². The maximum atomic E-state index is 5.96. The van der Waals surface area contributed by atoms with Gasteiger partial charge in [0.1, 0.15) is 11.3 Å². The molecule has 2 aromatic rings. The molecule has 1 aliphatic heterocycles. The lowest BCUT2D eigenvalue weighted by atomic mass is 9.80. The number of aromatic nitrogens is 1. The van der Waals surface area contributed by atoms with Gasteiger partial charge in [-0.15, -0.1) is 0 Å². The zero-order valence-corrected chi connectivity index (χ0v) is 10.2. The summed E-state index contributed by atoms with van der Waals surface area (Å²) >= 11 is 0. The molecule has 1 aliphatic carbocycles. The fourth-order valence-corrected chi connectivity index (χ4v) is 3.30. The molecule has 0 saturated carbocycles. The van der Waals surface area contributed by atoms with E-state index in [2.05, 4.69) is 22.4 Å². The Labute approximate surface area is 106 Å². The first kappa shape index (κ1) is 10.3. The van der Waals surface area contributed by atoms with E-state index in [4.69, 9.17) is 4.42 Å². The first-order valence-electron chi connectivity index (χ1n) is 6.67. The molecule has 1 fully saturated rings. The second kappa shape index (κ2) is 3.95. The first-order valence-corrected chi connectivity index (χ1v) is 6.67. The van der Waals surface area contributed by atoms with Crippen molar-refractivity contribution in [3.63, 3.8) is 0 Å². The van der Waals surface area contributed by atoms with E-state index in [0.717, 1.165) is 35.9 Å². The molecular weight excluding hydrogens is 224 g/mol. The summed E-state index contributed by atoms with van der Waals surface area (Å²) in [7, 11) is 0. The molecule has 3 heteroatoms. The lowest BCUT2D eigenvalue weighted by Crippen LogP contribution is -2.17. The van der Waals surface area contributed by atoms with Crippen molar-refractivity contribution in [2.24, 2.45) is 11.8 Å². The number of pyridine rings is 1. The average Bonchev–Trinajstić information content (AvgIpc) is 3.04. The molecular formula is C15H16N2O. The van der Waals surface area contributed by atoms with Gasteiger partial charge in [-0.05, 0) is 43.0 Å². The summed E-state index contributed by atoms with van der Waals surface area (Å²) in [6, 6.07) is 5.99. The molecule has 4 rings (SSSR count). The minimum atomic E-state index is 0.624.